The second-order valence-electron chi connectivity index (χ2n) is 2.31. The van der Waals surface area contributed by atoms with Crippen molar-refractivity contribution >= 4 is 37.6 Å². The summed E-state index contributed by atoms with van der Waals surface area (Å²) in [5.41, 5.74) is -0.0161. The van der Waals surface area contributed by atoms with Crippen LogP contribution in [-0.2, 0) is 0 Å². The summed E-state index contributed by atoms with van der Waals surface area (Å²) in [6.45, 7) is 0. The van der Waals surface area contributed by atoms with Gasteiger partial charge in [-0.15, -0.1) is 0 Å². The molecule has 1 aromatic rings. The third kappa shape index (κ3) is 2.08. The van der Waals surface area contributed by atoms with Gasteiger partial charge in [-0.3, -0.25) is 4.79 Å². The number of Topliss-reactive ketones (excluding diaryl/α,β-unsaturated/α-hetero) is 1. The number of carbonyl (C=O) groups excluding carboxylic acids is 1. The molecule has 1 aromatic carbocycles. The maximum atomic E-state index is 13.0. The lowest BCUT2D eigenvalue weighted by atomic mass is 10.1. The average Bonchev–Trinajstić information content (AvgIpc) is 2.13. The Morgan fingerprint density at radius 1 is 1.54 bits per heavy atom. The van der Waals surface area contributed by atoms with E-state index >= 15 is 0 Å². The highest BCUT2D eigenvalue weighted by Gasteiger charge is 2.15. The van der Waals surface area contributed by atoms with Gasteiger partial charge in [0.2, 0.25) is 0 Å². The number of alkyl halides is 1. The Labute approximate surface area is 91.0 Å². The van der Waals surface area contributed by atoms with Crippen molar-refractivity contribution in [2.24, 2.45) is 0 Å². The van der Waals surface area contributed by atoms with Crippen molar-refractivity contribution in [1.82, 2.24) is 0 Å². The van der Waals surface area contributed by atoms with Crippen LogP contribution in [0.2, 0.25) is 0 Å². The summed E-state index contributed by atoms with van der Waals surface area (Å²) in [5.74, 6) is -1.78. The minimum atomic E-state index is -0.813. The lowest BCUT2D eigenvalue weighted by Gasteiger charge is -2.03. The summed E-state index contributed by atoms with van der Waals surface area (Å²) in [7, 11) is 0. The van der Waals surface area contributed by atoms with Gasteiger partial charge >= 0.3 is 0 Å². The highest BCUT2D eigenvalue weighted by atomic mass is 79.9. The molecule has 0 aliphatic rings. The molecule has 1 rings (SSSR count). The summed E-state index contributed by atoms with van der Waals surface area (Å²) in [4.78, 5) is 11.1. The maximum absolute atomic E-state index is 13.0. The molecule has 13 heavy (non-hydrogen) atoms. The van der Waals surface area contributed by atoms with Crippen LogP contribution in [0.4, 0.5) is 4.39 Å². The maximum Gasteiger partial charge on any atom is 0.179 e. The predicted molar refractivity (Wildman–Crippen MR) is 53.9 cm³/mol. The van der Waals surface area contributed by atoms with Gasteiger partial charge in [0.05, 0.1) is 15.4 Å². The quantitative estimate of drug-likeness (QED) is 0.673. The van der Waals surface area contributed by atoms with Gasteiger partial charge in [-0.25, -0.2) is 4.39 Å². The van der Waals surface area contributed by atoms with Crippen molar-refractivity contribution in [3.8, 4) is 5.75 Å². The SMILES string of the molecule is O=C(CBr)c1ccc(Br)c(F)c1O. The standard InChI is InChI=1S/C8H5Br2FO2/c9-3-6(12)4-1-2-5(10)7(11)8(4)13/h1-2,13H,3H2. The highest BCUT2D eigenvalue weighted by Crippen LogP contribution is 2.28. The molecule has 0 saturated carbocycles. The fourth-order valence-electron chi connectivity index (χ4n) is 0.837. The number of aromatic hydroxyl groups is 1. The van der Waals surface area contributed by atoms with Crippen LogP contribution in [0.5, 0.6) is 5.75 Å². The zero-order valence-electron chi connectivity index (χ0n) is 6.35. The molecule has 2 nitrogen and oxygen atoms in total. The van der Waals surface area contributed by atoms with Gasteiger partial charge in [0, 0.05) is 0 Å². The summed E-state index contributed by atoms with van der Waals surface area (Å²) in [5, 5.41) is 9.29. The Morgan fingerprint density at radius 2 is 2.15 bits per heavy atom. The topological polar surface area (TPSA) is 37.3 Å². The first-order valence-corrected chi connectivity index (χ1v) is 5.25. The van der Waals surface area contributed by atoms with Crippen LogP contribution in [0.25, 0.3) is 0 Å². The summed E-state index contributed by atoms with van der Waals surface area (Å²) in [6.07, 6.45) is 0. The number of hydrogen-bond donors (Lipinski definition) is 1. The highest BCUT2D eigenvalue weighted by molar-refractivity contribution is 9.10. The van der Waals surface area contributed by atoms with Crippen molar-refractivity contribution in [3.63, 3.8) is 0 Å². The Balaban J connectivity index is 3.26. The van der Waals surface area contributed by atoms with E-state index in [0.29, 0.717) is 0 Å². The van der Waals surface area contributed by atoms with Crippen molar-refractivity contribution < 1.29 is 14.3 Å². The smallest absolute Gasteiger partial charge is 0.179 e. The molecule has 0 heterocycles. The van der Waals surface area contributed by atoms with Crippen LogP contribution in [0.1, 0.15) is 10.4 Å². The fraction of sp³-hybridized carbons (Fsp3) is 0.125. The number of benzene rings is 1. The Kier molecular flexibility index (Phi) is 3.44. The van der Waals surface area contributed by atoms with E-state index in [1.54, 1.807) is 0 Å². The van der Waals surface area contributed by atoms with Crippen LogP contribution in [-0.4, -0.2) is 16.2 Å². The van der Waals surface area contributed by atoms with Crippen molar-refractivity contribution in [1.29, 1.82) is 0 Å². The lowest BCUT2D eigenvalue weighted by molar-refractivity contribution is 0.102. The third-order valence-corrected chi connectivity index (χ3v) is 2.61. The van der Waals surface area contributed by atoms with E-state index in [4.69, 9.17) is 0 Å². The molecule has 0 radical (unpaired) electrons. The van der Waals surface area contributed by atoms with Crippen LogP contribution >= 0.6 is 31.9 Å². The molecule has 0 aliphatic heterocycles. The summed E-state index contributed by atoms with van der Waals surface area (Å²) in [6, 6.07) is 2.75. The Morgan fingerprint density at radius 3 is 2.69 bits per heavy atom. The number of ketones is 1. The van der Waals surface area contributed by atoms with Crippen LogP contribution in [0.3, 0.4) is 0 Å². The van der Waals surface area contributed by atoms with E-state index in [9.17, 15) is 14.3 Å². The van der Waals surface area contributed by atoms with Crippen molar-refractivity contribution in [3.05, 3.63) is 28.0 Å². The third-order valence-electron chi connectivity index (χ3n) is 1.49. The first-order chi connectivity index (χ1) is 6.07. The molecule has 0 saturated heterocycles. The summed E-state index contributed by atoms with van der Waals surface area (Å²) >= 11 is 5.83. The first kappa shape index (κ1) is 10.7. The average molecular weight is 312 g/mol. The minimum Gasteiger partial charge on any atom is -0.504 e. The van der Waals surface area contributed by atoms with Gasteiger partial charge in [-0.1, -0.05) is 15.9 Å². The second kappa shape index (κ2) is 4.19. The zero-order chi connectivity index (χ0) is 10.0. The molecule has 70 valence electrons. The molecule has 1 N–H and O–H groups in total. The van der Waals surface area contributed by atoms with E-state index < -0.39 is 11.6 Å². The van der Waals surface area contributed by atoms with E-state index in [1.165, 1.54) is 12.1 Å². The van der Waals surface area contributed by atoms with Crippen LogP contribution < -0.4 is 0 Å². The van der Waals surface area contributed by atoms with Crippen LogP contribution in [0, 0.1) is 5.82 Å². The number of rotatable bonds is 2. The molecule has 0 amide bonds. The Bertz CT molecular complexity index is 352. The molecule has 0 spiro atoms. The van der Waals surface area contributed by atoms with Gasteiger partial charge in [0.25, 0.3) is 0 Å². The largest absolute Gasteiger partial charge is 0.504 e. The molecule has 0 aliphatic carbocycles. The molecule has 0 atom stereocenters. The number of carbonyl (C=O) groups is 1. The molecular weight excluding hydrogens is 307 g/mol. The first-order valence-electron chi connectivity index (χ1n) is 3.34. The van der Waals surface area contributed by atoms with Gasteiger partial charge < -0.3 is 5.11 Å². The number of hydrogen-bond acceptors (Lipinski definition) is 2. The second-order valence-corrected chi connectivity index (χ2v) is 3.73. The van der Waals surface area contributed by atoms with Gasteiger partial charge in [-0.05, 0) is 28.1 Å². The lowest BCUT2D eigenvalue weighted by Crippen LogP contribution is -2.01. The monoisotopic (exact) mass is 310 g/mol. The Hall–Kier alpha value is -0.420. The van der Waals surface area contributed by atoms with Crippen LogP contribution in [0.15, 0.2) is 16.6 Å². The van der Waals surface area contributed by atoms with Gasteiger partial charge in [-0.2, -0.15) is 0 Å². The molecule has 0 unspecified atom stereocenters. The minimum absolute atomic E-state index is 0.0161. The molecule has 0 bridgehead atoms. The van der Waals surface area contributed by atoms with Gasteiger partial charge in [0.15, 0.2) is 17.3 Å². The fourth-order valence-corrected chi connectivity index (χ4v) is 1.46. The summed E-state index contributed by atoms with van der Waals surface area (Å²) < 4.78 is 13.2. The molecule has 0 aromatic heterocycles. The van der Waals surface area contributed by atoms with Gasteiger partial charge in [0.1, 0.15) is 0 Å². The molecule has 5 heteroatoms. The number of phenols is 1. The number of phenolic OH excluding ortho intramolecular Hbond substituents is 1. The van der Waals surface area contributed by atoms with E-state index in [1.807, 2.05) is 0 Å². The van der Waals surface area contributed by atoms with Crippen molar-refractivity contribution in [2.75, 3.05) is 5.33 Å². The van der Waals surface area contributed by atoms with E-state index in [2.05, 4.69) is 31.9 Å². The number of halogens is 3. The predicted octanol–water partition coefficient (Wildman–Crippen LogP) is 2.87. The normalized spacial score (nSPS) is 10.1. The molecular formula is C8H5Br2FO2. The van der Waals surface area contributed by atoms with E-state index in [-0.39, 0.29) is 21.1 Å². The van der Waals surface area contributed by atoms with Crippen molar-refractivity contribution in [2.45, 2.75) is 0 Å². The van der Waals surface area contributed by atoms with E-state index in [0.717, 1.165) is 0 Å². The zero-order valence-corrected chi connectivity index (χ0v) is 9.52. The molecule has 0 fully saturated rings.